The summed E-state index contributed by atoms with van der Waals surface area (Å²) in [6, 6.07) is 8.04. The Morgan fingerprint density at radius 2 is 2.00 bits per heavy atom. The zero-order chi connectivity index (χ0) is 8.27. The SMILES string of the molecule is Cc1ccccc1C(N)CN. The van der Waals surface area contributed by atoms with Gasteiger partial charge in [0, 0.05) is 12.6 Å². The molecule has 0 aliphatic heterocycles. The van der Waals surface area contributed by atoms with Gasteiger partial charge in [-0.2, -0.15) is 0 Å². The molecule has 0 bridgehead atoms. The molecule has 2 nitrogen and oxygen atoms in total. The fourth-order valence-electron chi connectivity index (χ4n) is 1.13. The van der Waals surface area contributed by atoms with Crippen molar-refractivity contribution in [2.45, 2.75) is 13.0 Å². The Morgan fingerprint density at radius 1 is 1.36 bits per heavy atom. The maximum Gasteiger partial charge on any atom is 0.0422 e. The minimum atomic E-state index is -0.0174. The van der Waals surface area contributed by atoms with Crippen molar-refractivity contribution in [1.29, 1.82) is 0 Å². The number of benzene rings is 1. The van der Waals surface area contributed by atoms with Gasteiger partial charge in [-0.3, -0.25) is 0 Å². The van der Waals surface area contributed by atoms with Crippen LogP contribution in [0, 0.1) is 6.92 Å². The van der Waals surface area contributed by atoms with Gasteiger partial charge in [0.2, 0.25) is 0 Å². The molecule has 60 valence electrons. The average molecular weight is 150 g/mol. The molecule has 1 rings (SSSR count). The first-order valence-electron chi connectivity index (χ1n) is 3.77. The van der Waals surface area contributed by atoms with Crippen LogP contribution < -0.4 is 11.5 Å². The minimum Gasteiger partial charge on any atom is -0.329 e. The van der Waals surface area contributed by atoms with Crippen LogP contribution in [0.3, 0.4) is 0 Å². The first-order chi connectivity index (χ1) is 5.25. The lowest BCUT2D eigenvalue weighted by atomic mass is 10.0. The highest BCUT2D eigenvalue weighted by atomic mass is 14.7. The lowest BCUT2D eigenvalue weighted by Gasteiger charge is -2.11. The van der Waals surface area contributed by atoms with E-state index in [4.69, 9.17) is 11.5 Å². The molecule has 11 heavy (non-hydrogen) atoms. The van der Waals surface area contributed by atoms with E-state index in [1.807, 2.05) is 31.2 Å². The molecule has 0 saturated heterocycles. The molecule has 1 aromatic rings. The predicted molar refractivity (Wildman–Crippen MR) is 47.2 cm³/mol. The van der Waals surface area contributed by atoms with Crippen LogP contribution in [0.25, 0.3) is 0 Å². The molecule has 0 saturated carbocycles. The number of nitrogens with two attached hydrogens (primary N) is 2. The summed E-state index contributed by atoms with van der Waals surface area (Å²) in [5.74, 6) is 0. The summed E-state index contributed by atoms with van der Waals surface area (Å²) in [6.45, 7) is 2.55. The Hall–Kier alpha value is -0.860. The van der Waals surface area contributed by atoms with Gasteiger partial charge in [-0.05, 0) is 18.1 Å². The van der Waals surface area contributed by atoms with Crippen molar-refractivity contribution in [2.75, 3.05) is 6.54 Å². The van der Waals surface area contributed by atoms with E-state index in [0.29, 0.717) is 6.54 Å². The maximum atomic E-state index is 5.77. The molecule has 0 aliphatic carbocycles. The number of aryl methyl sites for hydroxylation is 1. The van der Waals surface area contributed by atoms with Crippen LogP contribution in [-0.4, -0.2) is 6.54 Å². The summed E-state index contributed by atoms with van der Waals surface area (Å²) in [6.07, 6.45) is 0. The van der Waals surface area contributed by atoms with Gasteiger partial charge in [-0.25, -0.2) is 0 Å². The van der Waals surface area contributed by atoms with Crippen LogP contribution in [0.5, 0.6) is 0 Å². The first-order valence-corrected chi connectivity index (χ1v) is 3.77. The quantitative estimate of drug-likeness (QED) is 0.659. The van der Waals surface area contributed by atoms with E-state index in [-0.39, 0.29) is 6.04 Å². The number of hydrogen-bond acceptors (Lipinski definition) is 2. The molecule has 0 aromatic heterocycles. The largest absolute Gasteiger partial charge is 0.329 e. The average Bonchev–Trinajstić information content (AvgIpc) is 2.04. The molecule has 0 radical (unpaired) electrons. The summed E-state index contributed by atoms with van der Waals surface area (Å²) in [7, 11) is 0. The van der Waals surface area contributed by atoms with Crippen LogP contribution in [0.2, 0.25) is 0 Å². The molecule has 4 N–H and O–H groups in total. The molecule has 0 spiro atoms. The molecule has 1 unspecified atom stereocenters. The molecule has 0 aliphatic rings. The Labute approximate surface area is 67.2 Å². The van der Waals surface area contributed by atoms with Crippen LogP contribution in [0.4, 0.5) is 0 Å². The highest BCUT2D eigenvalue weighted by Gasteiger charge is 2.04. The predicted octanol–water partition coefficient (Wildman–Crippen LogP) is 0.954. The lowest BCUT2D eigenvalue weighted by molar-refractivity contribution is 0.732. The van der Waals surface area contributed by atoms with E-state index in [9.17, 15) is 0 Å². The molecule has 0 amide bonds. The van der Waals surface area contributed by atoms with Crippen LogP contribution >= 0.6 is 0 Å². The van der Waals surface area contributed by atoms with Gasteiger partial charge in [-0.1, -0.05) is 24.3 Å². The van der Waals surface area contributed by atoms with Crippen LogP contribution in [-0.2, 0) is 0 Å². The van der Waals surface area contributed by atoms with E-state index in [0.717, 1.165) is 5.56 Å². The highest BCUT2D eigenvalue weighted by molar-refractivity contribution is 5.28. The van der Waals surface area contributed by atoms with Gasteiger partial charge >= 0.3 is 0 Å². The van der Waals surface area contributed by atoms with Crippen LogP contribution in [0.1, 0.15) is 17.2 Å². The zero-order valence-electron chi connectivity index (χ0n) is 6.75. The van der Waals surface area contributed by atoms with Gasteiger partial charge in [-0.15, -0.1) is 0 Å². The van der Waals surface area contributed by atoms with Crippen molar-refractivity contribution in [2.24, 2.45) is 11.5 Å². The fraction of sp³-hybridized carbons (Fsp3) is 0.333. The molecule has 1 atom stereocenters. The molecule has 0 heterocycles. The second kappa shape index (κ2) is 3.51. The number of hydrogen-bond donors (Lipinski definition) is 2. The van der Waals surface area contributed by atoms with Gasteiger partial charge in [0.05, 0.1) is 0 Å². The normalized spacial score (nSPS) is 13.0. The third-order valence-corrected chi connectivity index (χ3v) is 1.84. The summed E-state index contributed by atoms with van der Waals surface area (Å²) < 4.78 is 0. The van der Waals surface area contributed by atoms with Crippen molar-refractivity contribution in [3.05, 3.63) is 35.4 Å². The third kappa shape index (κ3) is 1.79. The highest BCUT2D eigenvalue weighted by Crippen LogP contribution is 2.13. The molecular formula is C9H14N2. The molecule has 0 fully saturated rings. The summed E-state index contributed by atoms with van der Waals surface area (Å²) in [5, 5.41) is 0. The summed E-state index contributed by atoms with van der Waals surface area (Å²) >= 11 is 0. The van der Waals surface area contributed by atoms with E-state index >= 15 is 0 Å². The molecule has 1 aromatic carbocycles. The Kier molecular flexibility index (Phi) is 2.63. The summed E-state index contributed by atoms with van der Waals surface area (Å²) in [5.41, 5.74) is 13.6. The van der Waals surface area contributed by atoms with Gasteiger partial charge in [0.1, 0.15) is 0 Å². The minimum absolute atomic E-state index is 0.0174. The second-order valence-electron chi connectivity index (χ2n) is 2.70. The van der Waals surface area contributed by atoms with Crippen molar-refractivity contribution in [3.63, 3.8) is 0 Å². The van der Waals surface area contributed by atoms with Crippen LogP contribution in [0.15, 0.2) is 24.3 Å². The third-order valence-electron chi connectivity index (χ3n) is 1.84. The Morgan fingerprint density at radius 3 is 2.55 bits per heavy atom. The zero-order valence-corrected chi connectivity index (χ0v) is 6.75. The topological polar surface area (TPSA) is 52.0 Å². The van der Waals surface area contributed by atoms with E-state index in [1.165, 1.54) is 5.56 Å². The monoisotopic (exact) mass is 150 g/mol. The van der Waals surface area contributed by atoms with E-state index in [1.54, 1.807) is 0 Å². The maximum absolute atomic E-state index is 5.77. The fourth-order valence-corrected chi connectivity index (χ4v) is 1.13. The Balaban J connectivity index is 2.93. The molecular weight excluding hydrogens is 136 g/mol. The van der Waals surface area contributed by atoms with Gasteiger partial charge in [0.25, 0.3) is 0 Å². The van der Waals surface area contributed by atoms with E-state index < -0.39 is 0 Å². The van der Waals surface area contributed by atoms with Gasteiger partial charge < -0.3 is 11.5 Å². The van der Waals surface area contributed by atoms with Crippen molar-refractivity contribution >= 4 is 0 Å². The number of rotatable bonds is 2. The van der Waals surface area contributed by atoms with Crippen molar-refractivity contribution < 1.29 is 0 Å². The molecule has 2 heteroatoms. The van der Waals surface area contributed by atoms with Crippen molar-refractivity contribution in [1.82, 2.24) is 0 Å². The van der Waals surface area contributed by atoms with Gasteiger partial charge in [0.15, 0.2) is 0 Å². The smallest absolute Gasteiger partial charge is 0.0422 e. The lowest BCUT2D eigenvalue weighted by Crippen LogP contribution is -2.21. The van der Waals surface area contributed by atoms with E-state index in [2.05, 4.69) is 0 Å². The van der Waals surface area contributed by atoms with Crippen molar-refractivity contribution in [3.8, 4) is 0 Å². The standard InChI is InChI=1S/C9H14N2/c1-7-4-2-3-5-8(7)9(11)6-10/h2-5,9H,6,10-11H2,1H3. The summed E-state index contributed by atoms with van der Waals surface area (Å²) in [4.78, 5) is 0. The first kappa shape index (κ1) is 8.24. The second-order valence-corrected chi connectivity index (χ2v) is 2.70. The Bertz CT molecular complexity index is 233.